The Morgan fingerprint density at radius 2 is 1.86 bits per heavy atom. The van der Waals surface area contributed by atoms with Crippen LogP contribution in [-0.4, -0.2) is 83.7 Å². The highest BCUT2D eigenvalue weighted by molar-refractivity contribution is 5.79. The molecule has 2 fully saturated rings. The van der Waals surface area contributed by atoms with Crippen molar-refractivity contribution in [2.24, 2.45) is 5.92 Å². The summed E-state index contributed by atoms with van der Waals surface area (Å²) in [6, 6.07) is 0. The van der Waals surface area contributed by atoms with Gasteiger partial charge < -0.3 is 14.9 Å². The third kappa shape index (κ3) is 4.21. The van der Waals surface area contributed by atoms with E-state index in [0.29, 0.717) is 5.91 Å². The lowest BCUT2D eigenvalue weighted by molar-refractivity contribution is -0.140. The fraction of sp³-hybridized carbons (Fsp3) is 0.941. The molecule has 2 aliphatic heterocycles. The van der Waals surface area contributed by atoms with Crippen LogP contribution in [0, 0.1) is 5.92 Å². The average molecular weight is 311 g/mol. The Kier molecular flexibility index (Phi) is 6.24. The van der Waals surface area contributed by atoms with Gasteiger partial charge in [0.2, 0.25) is 5.91 Å². The number of hydrogen-bond donors (Lipinski definition) is 1. The lowest BCUT2D eigenvalue weighted by Crippen LogP contribution is -2.58. The molecular formula is C17H33N3O2. The maximum atomic E-state index is 12.8. The molecule has 0 radical (unpaired) electrons. The number of piperazine rings is 1. The van der Waals surface area contributed by atoms with E-state index in [1.54, 1.807) is 0 Å². The number of nitrogens with zero attached hydrogens (tertiary/aromatic N) is 3. The first kappa shape index (κ1) is 17.7. The minimum Gasteiger partial charge on any atom is -0.394 e. The Labute approximate surface area is 135 Å². The summed E-state index contributed by atoms with van der Waals surface area (Å²) < 4.78 is 0. The summed E-state index contributed by atoms with van der Waals surface area (Å²) in [5, 5.41) is 9.48. The average Bonchev–Trinajstić information content (AvgIpc) is 2.55. The van der Waals surface area contributed by atoms with Crippen molar-refractivity contribution in [1.29, 1.82) is 0 Å². The second-order valence-corrected chi connectivity index (χ2v) is 7.42. The highest BCUT2D eigenvalue weighted by Gasteiger charge is 2.34. The van der Waals surface area contributed by atoms with E-state index in [1.165, 1.54) is 0 Å². The van der Waals surface area contributed by atoms with Crippen LogP contribution in [0.5, 0.6) is 0 Å². The van der Waals surface area contributed by atoms with Crippen LogP contribution in [0.1, 0.15) is 40.0 Å². The minimum atomic E-state index is -0.183. The topological polar surface area (TPSA) is 47.0 Å². The summed E-state index contributed by atoms with van der Waals surface area (Å²) in [6.45, 7) is 13.0. The Hall–Kier alpha value is -0.650. The maximum Gasteiger partial charge on any atom is 0.227 e. The zero-order valence-corrected chi connectivity index (χ0v) is 14.6. The molecule has 0 spiro atoms. The summed E-state index contributed by atoms with van der Waals surface area (Å²) in [5.41, 5.74) is -0.183. The lowest BCUT2D eigenvalue weighted by atomic mass is 9.95. The summed E-state index contributed by atoms with van der Waals surface area (Å²) in [6.07, 6.45) is 3.35. The fourth-order valence-electron chi connectivity index (χ4n) is 3.67. The molecule has 0 aromatic carbocycles. The standard InChI is InChI=1S/C17H33N3O2/c1-4-7-18-8-5-6-15(13-18)16(22)19-9-11-20(12-10-19)17(2,3)14-21/h15,21H,4-14H2,1-3H3. The summed E-state index contributed by atoms with van der Waals surface area (Å²) in [5.74, 6) is 0.542. The number of hydrogen-bond acceptors (Lipinski definition) is 4. The van der Waals surface area contributed by atoms with Gasteiger partial charge in [-0.3, -0.25) is 9.69 Å². The SMILES string of the molecule is CCCN1CCCC(C(=O)N2CCN(C(C)(C)CO)CC2)C1. The van der Waals surface area contributed by atoms with Crippen molar-refractivity contribution >= 4 is 5.91 Å². The van der Waals surface area contributed by atoms with E-state index < -0.39 is 0 Å². The molecule has 128 valence electrons. The molecule has 2 aliphatic rings. The lowest BCUT2D eigenvalue weighted by Gasteiger charge is -2.44. The molecule has 5 nitrogen and oxygen atoms in total. The van der Waals surface area contributed by atoms with Gasteiger partial charge >= 0.3 is 0 Å². The van der Waals surface area contributed by atoms with Gasteiger partial charge in [-0.2, -0.15) is 0 Å². The quantitative estimate of drug-likeness (QED) is 0.824. The maximum absolute atomic E-state index is 12.8. The van der Waals surface area contributed by atoms with Gasteiger partial charge in [-0.25, -0.2) is 0 Å². The first-order valence-corrected chi connectivity index (χ1v) is 8.85. The number of carbonyl (C=O) groups excluding carboxylic acids is 1. The molecule has 2 rings (SSSR count). The van der Waals surface area contributed by atoms with Crippen molar-refractivity contribution in [2.45, 2.75) is 45.6 Å². The Bertz CT molecular complexity index is 363. The summed E-state index contributed by atoms with van der Waals surface area (Å²) in [4.78, 5) is 19.5. The van der Waals surface area contributed by atoms with Gasteiger partial charge in [0.25, 0.3) is 0 Å². The van der Waals surface area contributed by atoms with E-state index in [9.17, 15) is 9.90 Å². The predicted octanol–water partition coefficient (Wildman–Crippen LogP) is 1.02. The van der Waals surface area contributed by atoms with Gasteiger partial charge in [0, 0.05) is 38.3 Å². The highest BCUT2D eigenvalue weighted by atomic mass is 16.3. The molecule has 5 heteroatoms. The molecule has 0 aliphatic carbocycles. The second kappa shape index (κ2) is 7.75. The van der Waals surface area contributed by atoms with Gasteiger partial charge in [-0.05, 0) is 46.2 Å². The van der Waals surface area contributed by atoms with Gasteiger partial charge in [-0.1, -0.05) is 6.92 Å². The number of rotatable bonds is 5. The number of carbonyl (C=O) groups is 1. The molecule has 0 bridgehead atoms. The fourth-order valence-corrected chi connectivity index (χ4v) is 3.67. The van der Waals surface area contributed by atoms with E-state index in [1.807, 2.05) is 4.90 Å². The van der Waals surface area contributed by atoms with Crippen LogP contribution in [0.2, 0.25) is 0 Å². The summed E-state index contributed by atoms with van der Waals surface area (Å²) >= 11 is 0. The summed E-state index contributed by atoms with van der Waals surface area (Å²) in [7, 11) is 0. The van der Waals surface area contributed by atoms with Crippen LogP contribution in [0.25, 0.3) is 0 Å². The van der Waals surface area contributed by atoms with Crippen molar-refractivity contribution in [2.75, 3.05) is 52.4 Å². The van der Waals surface area contributed by atoms with E-state index in [-0.39, 0.29) is 18.1 Å². The van der Waals surface area contributed by atoms with Gasteiger partial charge in [0.15, 0.2) is 0 Å². The predicted molar refractivity (Wildman–Crippen MR) is 88.8 cm³/mol. The van der Waals surface area contributed by atoms with Crippen molar-refractivity contribution in [1.82, 2.24) is 14.7 Å². The molecule has 1 unspecified atom stereocenters. The van der Waals surface area contributed by atoms with Gasteiger partial charge in [-0.15, -0.1) is 0 Å². The van der Waals surface area contributed by atoms with Crippen LogP contribution >= 0.6 is 0 Å². The van der Waals surface area contributed by atoms with E-state index in [4.69, 9.17) is 0 Å². The van der Waals surface area contributed by atoms with E-state index in [2.05, 4.69) is 30.6 Å². The van der Waals surface area contributed by atoms with Crippen LogP contribution < -0.4 is 0 Å². The zero-order valence-electron chi connectivity index (χ0n) is 14.6. The molecule has 1 atom stereocenters. The number of aliphatic hydroxyl groups excluding tert-OH is 1. The molecule has 22 heavy (non-hydrogen) atoms. The third-order valence-corrected chi connectivity index (χ3v) is 5.23. The van der Waals surface area contributed by atoms with Crippen LogP contribution in [0.4, 0.5) is 0 Å². The molecule has 1 amide bonds. The largest absolute Gasteiger partial charge is 0.394 e. The zero-order chi connectivity index (χ0) is 16.2. The molecular weight excluding hydrogens is 278 g/mol. The third-order valence-electron chi connectivity index (χ3n) is 5.23. The number of piperidine rings is 1. The molecule has 0 aromatic heterocycles. The normalized spacial score (nSPS) is 25.5. The molecule has 0 saturated carbocycles. The molecule has 1 N–H and O–H groups in total. The number of amides is 1. The first-order valence-electron chi connectivity index (χ1n) is 8.85. The van der Waals surface area contributed by atoms with Gasteiger partial charge in [0.05, 0.1) is 12.5 Å². The van der Waals surface area contributed by atoms with Crippen molar-refractivity contribution in [3.63, 3.8) is 0 Å². The minimum absolute atomic E-state index is 0.162. The van der Waals surface area contributed by atoms with Crippen molar-refractivity contribution in [3.05, 3.63) is 0 Å². The van der Waals surface area contributed by atoms with Crippen molar-refractivity contribution < 1.29 is 9.90 Å². The Morgan fingerprint density at radius 3 is 2.45 bits per heavy atom. The molecule has 2 saturated heterocycles. The highest BCUT2D eigenvalue weighted by Crippen LogP contribution is 2.21. The number of aliphatic hydroxyl groups is 1. The molecule has 0 aromatic rings. The van der Waals surface area contributed by atoms with Crippen LogP contribution in [-0.2, 0) is 4.79 Å². The van der Waals surface area contributed by atoms with Crippen LogP contribution in [0.15, 0.2) is 0 Å². The first-order chi connectivity index (χ1) is 10.5. The van der Waals surface area contributed by atoms with Crippen LogP contribution in [0.3, 0.4) is 0 Å². The van der Waals surface area contributed by atoms with E-state index >= 15 is 0 Å². The number of likely N-dealkylation sites (tertiary alicyclic amines) is 1. The van der Waals surface area contributed by atoms with Gasteiger partial charge in [0.1, 0.15) is 0 Å². The van der Waals surface area contributed by atoms with E-state index in [0.717, 1.165) is 65.1 Å². The molecule has 2 heterocycles. The monoisotopic (exact) mass is 311 g/mol. The Balaban J connectivity index is 1.84. The smallest absolute Gasteiger partial charge is 0.227 e. The Morgan fingerprint density at radius 1 is 1.18 bits per heavy atom. The van der Waals surface area contributed by atoms with Crippen molar-refractivity contribution in [3.8, 4) is 0 Å². The second-order valence-electron chi connectivity index (χ2n) is 7.42.